The van der Waals surface area contributed by atoms with Gasteiger partial charge in [0.15, 0.2) is 5.82 Å². The number of likely N-dealkylation sites (tertiary alicyclic amines) is 1. The standard InChI is InChI=1S/C28H30N6OS/c1-21-8-7-17-33(18-21)19-22-13-15-23(16-14-22)29-28(35)25-11-5-6-12-26(25)36-20-27-30-31-32-34(27)24-9-3-2-4-10-24/h2-6,9-16,21H,7-8,17-20H2,1H3,(H,29,35). The molecule has 1 atom stereocenters. The zero-order chi connectivity index (χ0) is 24.7. The summed E-state index contributed by atoms with van der Waals surface area (Å²) in [7, 11) is 0. The van der Waals surface area contributed by atoms with Crippen LogP contribution in [-0.2, 0) is 12.3 Å². The average Bonchev–Trinajstić information content (AvgIpc) is 3.38. The van der Waals surface area contributed by atoms with Gasteiger partial charge >= 0.3 is 0 Å². The molecule has 7 nitrogen and oxygen atoms in total. The fourth-order valence-corrected chi connectivity index (χ4v) is 5.52. The maximum atomic E-state index is 13.1. The molecule has 1 amide bonds. The van der Waals surface area contributed by atoms with Gasteiger partial charge in [0.2, 0.25) is 0 Å². The predicted octanol–water partition coefficient (Wildman–Crippen LogP) is 5.44. The maximum absolute atomic E-state index is 13.1. The number of rotatable bonds is 8. The van der Waals surface area contributed by atoms with Crippen LogP contribution in [0.4, 0.5) is 5.69 Å². The molecule has 3 aromatic carbocycles. The molecule has 1 N–H and O–H groups in total. The summed E-state index contributed by atoms with van der Waals surface area (Å²) in [6.07, 6.45) is 2.60. The molecule has 1 saturated heterocycles. The van der Waals surface area contributed by atoms with Gasteiger partial charge in [-0.25, -0.2) is 0 Å². The van der Waals surface area contributed by atoms with Crippen LogP contribution >= 0.6 is 11.8 Å². The van der Waals surface area contributed by atoms with Crippen molar-refractivity contribution in [2.24, 2.45) is 5.92 Å². The molecule has 1 fully saturated rings. The van der Waals surface area contributed by atoms with E-state index in [1.54, 1.807) is 16.4 Å². The number of nitrogens with zero attached hydrogens (tertiary/aromatic N) is 5. The van der Waals surface area contributed by atoms with Crippen LogP contribution in [0.3, 0.4) is 0 Å². The summed E-state index contributed by atoms with van der Waals surface area (Å²) >= 11 is 1.54. The molecular formula is C28H30N6OS. The highest BCUT2D eigenvalue weighted by molar-refractivity contribution is 7.98. The van der Waals surface area contributed by atoms with E-state index in [1.165, 1.54) is 18.4 Å². The Morgan fingerprint density at radius 3 is 2.61 bits per heavy atom. The van der Waals surface area contributed by atoms with Crippen molar-refractivity contribution in [3.05, 3.63) is 95.8 Å². The first kappa shape index (κ1) is 24.2. The van der Waals surface area contributed by atoms with Gasteiger partial charge in [0.25, 0.3) is 5.91 Å². The molecule has 0 saturated carbocycles. The first-order chi connectivity index (χ1) is 17.7. The van der Waals surface area contributed by atoms with Crippen molar-refractivity contribution in [1.82, 2.24) is 25.1 Å². The number of para-hydroxylation sites is 1. The lowest BCUT2D eigenvalue weighted by Gasteiger charge is -2.30. The summed E-state index contributed by atoms with van der Waals surface area (Å²) in [5.74, 6) is 1.90. The topological polar surface area (TPSA) is 75.9 Å². The lowest BCUT2D eigenvalue weighted by molar-refractivity contribution is 0.102. The molecule has 1 aliphatic heterocycles. The van der Waals surface area contributed by atoms with E-state index in [0.717, 1.165) is 47.6 Å². The number of hydrogen-bond donors (Lipinski definition) is 1. The number of anilines is 1. The first-order valence-corrected chi connectivity index (χ1v) is 13.3. The number of nitrogens with one attached hydrogen (secondary N) is 1. The molecule has 0 bridgehead atoms. The minimum Gasteiger partial charge on any atom is -0.322 e. The Kier molecular flexibility index (Phi) is 7.73. The van der Waals surface area contributed by atoms with Crippen molar-refractivity contribution in [2.75, 3.05) is 18.4 Å². The number of aromatic nitrogens is 4. The summed E-state index contributed by atoms with van der Waals surface area (Å²) in [5, 5.41) is 15.2. The van der Waals surface area contributed by atoms with Crippen LogP contribution in [-0.4, -0.2) is 44.1 Å². The predicted molar refractivity (Wildman–Crippen MR) is 143 cm³/mol. The van der Waals surface area contributed by atoms with Crippen molar-refractivity contribution in [2.45, 2.75) is 37.0 Å². The lowest BCUT2D eigenvalue weighted by atomic mass is 10.00. The molecule has 1 aliphatic rings. The monoisotopic (exact) mass is 498 g/mol. The van der Waals surface area contributed by atoms with Crippen molar-refractivity contribution in [3.63, 3.8) is 0 Å². The minimum atomic E-state index is -0.127. The van der Waals surface area contributed by atoms with Gasteiger partial charge in [-0.05, 0) is 77.7 Å². The van der Waals surface area contributed by atoms with Crippen LogP contribution in [0, 0.1) is 5.92 Å². The van der Waals surface area contributed by atoms with E-state index in [2.05, 4.69) is 44.8 Å². The van der Waals surface area contributed by atoms with Gasteiger partial charge in [0, 0.05) is 23.7 Å². The van der Waals surface area contributed by atoms with Gasteiger partial charge in [0.1, 0.15) is 0 Å². The fourth-order valence-electron chi connectivity index (χ4n) is 4.57. The Labute approximate surface area is 215 Å². The summed E-state index contributed by atoms with van der Waals surface area (Å²) in [5.41, 5.74) is 3.60. The second-order valence-corrected chi connectivity index (χ2v) is 10.3. The number of piperidine rings is 1. The lowest BCUT2D eigenvalue weighted by Crippen LogP contribution is -2.33. The highest BCUT2D eigenvalue weighted by Gasteiger charge is 2.17. The third-order valence-corrected chi connectivity index (χ3v) is 7.45. The minimum absolute atomic E-state index is 0.127. The highest BCUT2D eigenvalue weighted by Crippen LogP contribution is 2.27. The van der Waals surface area contributed by atoms with E-state index in [0.29, 0.717) is 11.3 Å². The second kappa shape index (κ2) is 11.5. The summed E-state index contributed by atoms with van der Waals surface area (Å²) in [6, 6.07) is 25.6. The molecule has 184 valence electrons. The SMILES string of the molecule is CC1CCCN(Cc2ccc(NC(=O)c3ccccc3SCc3nnnn3-c3ccccc3)cc2)C1. The molecule has 36 heavy (non-hydrogen) atoms. The molecular weight excluding hydrogens is 468 g/mol. The van der Waals surface area contributed by atoms with Gasteiger partial charge in [-0.3, -0.25) is 9.69 Å². The van der Waals surface area contributed by atoms with Gasteiger partial charge in [-0.1, -0.05) is 49.4 Å². The second-order valence-electron chi connectivity index (χ2n) is 9.26. The first-order valence-electron chi connectivity index (χ1n) is 12.3. The molecule has 2 heterocycles. The van der Waals surface area contributed by atoms with Crippen molar-refractivity contribution < 1.29 is 4.79 Å². The number of tetrazole rings is 1. The Hall–Kier alpha value is -3.49. The van der Waals surface area contributed by atoms with Crippen molar-refractivity contribution >= 4 is 23.4 Å². The Balaban J connectivity index is 1.22. The number of carbonyl (C=O) groups is 1. The van der Waals surface area contributed by atoms with Crippen LogP contribution in [0.1, 0.15) is 41.5 Å². The molecule has 1 unspecified atom stereocenters. The number of thioether (sulfide) groups is 1. The molecule has 0 radical (unpaired) electrons. The summed E-state index contributed by atoms with van der Waals surface area (Å²) < 4.78 is 1.72. The highest BCUT2D eigenvalue weighted by atomic mass is 32.2. The Morgan fingerprint density at radius 2 is 1.81 bits per heavy atom. The smallest absolute Gasteiger partial charge is 0.256 e. The summed E-state index contributed by atoms with van der Waals surface area (Å²) in [6.45, 7) is 5.60. The van der Waals surface area contributed by atoms with E-state index in [9.17, 15) is 4.79 Å². The Morgan fingerprint density at radius 1 is 1.03 bits per heavy atom. The fraction of sp³-hybridized carbons (Fsp3) is 0.286. The number of benzene rings is 3. The van der Waals surface area contributed by atoms with Gasteiger partial charge in [-0.15, -0.1) is 16.9 Å². The molecule has 4 aromatic rings. The van der Waals surface area contributed by atoms with Crippen LogP contribution in [0.5, 0.6) is 0 Å². The number of hydrogen-bond acceptors (Lipinski definition) is 6. The van der Waals surface area contributed by atoms with Crippen molar-refractivity contribution in [1.29, 1.82) is 0 Å². The van der Waals surface area contributed by atoms with Gasteiger partial charge in [-0.2, -0.15) is 4.68 Å². The molecule has 8 heteroatoms. The van der Waals surface area contributed by atoms with Crippen LogP contribution in [0.15, 0.2) is 83.8 Å². The zero-order valence-electron chi connectivity index (χ0n) is 20.4. The number of amides is 1. The van der Waals surface area contributed by atoms with E-state index >= 15 is 0 Å². The quantitative estimate of drug-likeness (QED) is 0.326. The third kappa shape index (κ3) is 6.01. The third-order valence-electron chi connectivity index (χ3n) is 6.38. The normalized spacial score (nSPS) is 16.1. The molecule has 0 aliphatic carbocycles. The van der Waals surface area contributed by atoms with Crippen LogP contribution in [0.2, 0.25) is 0 Å². The van der Waals surface area contributed by atoms with Gasteiger partial charge < -0.3 is 5.32 Å². The average molecular weight is 499 g/mol. The molecule has 0 spiro atoms. The van der Waals surface area contributed by atoms with Crippen LogP contribution in [0.25, 0.3) is 5.69 Å². The van der Waals surface area contributed by atoms with Crippen LogP contribution < -0.4 is 5.32 Å². The van der Waals surface area contributed by atoms with E-state index in [4.69, 9.17) is 0 Å². The largest absolute Gasteiger partial charge is 0.322 e. The van der Waals surface area contributed by atoms with Gasteiger partial charge in [0.05, 0.1) is 17.0 Å². The maximum Gasteiger partial charge on any atom is 0.256 e. The zero-order valence-corrected chi connectivity index (χ0v) is 21.2. The van der Waals surface area contributed by atoms with Crippen molar-refractivity contribution in [3.8, 4) is 5.69 Å². The van der Waals surface area contributed by atoms with E-state index in [-0.39, 0.29) is 5.91 Å². The number of carbonyl (C=O) groups excluding carboxylic acids is 1. The summed E-state index contributed by atoms with van der Waals surface area (Å²) in [4.78, 5) is 16.5. The van der Waals surface area contributed by atoms with E-state index < -0.39 is 0 Å². The van der Waals surface area contributed by atoms with E-state index in [1.807, 2.05) is 66.7 Å². The Bertz CT molecular complexity index is 1290. The molecule has 5 rings (SSSR count). The molecule has 1 aromatic heterocycles.